The van der Waals surface area contributed by atoms with E-state index in [2.05, 4.69) is 15.6 Å². The highest BCUT2D eigenvalue weighted by Gasteiger charge is 2.33. The van der Waals surface area contributed by atoms with Gasteiger partial charge in [0.05, 0.1) is 17.2 Å². The summed E-state index contributed by atoms with van der Waals surface area (Å²) in [6, 6.07) is 8.46. The third-order valence-electron chi connectivity index (χ3n) is 4.88. The number of piperidine rings is 1. The molecule has 0 radical (unpaired) electrons. The second kappa shape index (κ2) is 6.91. The maximum absolute atomic E-state index is 12.4. The molecule has 128 valence electrons. The van der Waals surface area contributed by atoms with Crippen molar-refractivity contribution in [1.82, 2.24) is 20.2 Å². The number of fused-ring (bicyclic) bond motifs is 3. The minimum absolute atomic E-state index is 0. The summed E-state index contributed by atoms with van der Waals surface area (Å²) >= 11 is 0. The molecule has 2 fully saturated rings. The molecule has 1 aromatic heterocycles. The van der Waals surface area contributed by atoms with Gasteiger partial charge in [0.25, 0.3) is 5.56 Å². The first-order valence-corrected chi connectivity index (χ1v) is 8.18. The maximum atomic E-state index is 12.4. The zero-order chi connectivity index (χ0) is 15.8. The number of benzene rings is 1. The molecule has 7 heteroatoms. The summed E-state index contributed by atoms with van der Waals surface area (Å²) in [7, 11) is 0. The minimum Gasteiger partial charge on any atom is -0.352 e. The third kappa shape index (κ3) is 3.30. The monoisotopic (exact) mass is 348 g/mol. The van der Waals surface area contributed by atoms with E-state index in [0.29, 0.717) is 23.0 Å². The van der Waals surface area contributed by atoms with Crippen molar-refractivity contribution < 1.29 is 4.79 Å². The van der Waals surface area contributed by atoms with Crippen molar-refractivity contribution in [3.63, 3.8) is 0 Å². The molecule has 3 heterocycles. The van der Waals surface area contributed by atoms with E-state index in [0.717, 1.165) is 12.8 Å². The minimum atomic E-state index is -0.170. The summed E-state index contributed by atoms with van der Waals surface area (Å²) in [4.78, 5) is 28.9. The maximum Gasteiger partial charge on any atom is 0.261 e. The number of nitrogens with one attached hydrogen (secondary N) is 2. The average Bonchev–Trinajstić information content (AvgIpc) is 2.89. The van der Waals surface area contributed by atoms with E-state index in [4.69, 9.17) is 0 Å². The fourth-order valence-electron chi connectivity index (χ4n) is 3.82. The van der Waals surface area contributed by atoms with E-state index in [9.17, 15) is 9.59 Å². The molecule has 2 aliphatic rings. The lowest BCUT2D eigenvalue weighted by atomic mass is 10.00. The lowest BCUT2D eigenvalue weighted by molar-refractivity contribution is -0.122. The zero-order valence-corrected chi connectivity index (χ0v) is 14.1. The van der Waals surface area contributed by atoms with Crippen LogP contribution in [0.2, 0.25) is 0 Å². The van der Waals surface area contributed by atoms with Crippen molar-refractivity contribution in [3.05, 3.63) is 40.9 Å². The number of hydrogen-bond donors (Lipinski definition) is 2. The van der Waals surface area contributed by atoms with Gasteiger partial charge in [0.2, 0.25) is 5.91 Å². The third-order valence-corrected chi connectivity index (χ3v) is 4.88. The van der Waals surface area contributed by atoms with Gasteiger partial charge in [-0.2, -0.15) is 0 Å². The summed E-state index contributed by atoms with van der Waals surface area (Å²) in [6.07, 6.45) is 5.81. The summed E-state index contributed by atoms with van der Waals surface area (Å²) in [5, 5.41) is 7.18. The van der Waals surface area contributed by atoms with Crippen LogP contribution in [-0.2, 0) is 11.3 Å². The summed E-state index contributed by atoms with van der Waals surface area (Å²) in [6.45, 7) is 0.0237. The van der Waals surface area contributed by atoms with Gasteiger partial charge in [-0.25, -0.2) is 4.98 Å². The quantitative estimate of drug-likeness (QED) is 0.874. The first-order valence-electron chi connectivity index (χ1n) is 8.18. The second-order valence-corrected chi connectivity index (χ2v) is 6.57. The van der Waals surface area contributed by atoms with Gasteiger partial charge in [-0.05, 0) is 37.8 Å². The topological polar surface area (TPSA) is 76.0 Å². The SMILES string of the molecule is Cl.O=C(Cn1cnc2ccccc2c1=O)NC1CC2CCC(C1)N2. The first-order chi connectivity index (χ1) is 11.2. The predicted molar refractivity (Wildman–Crippen MR) is 94.4 cm³/mol. The lowest BCUT2D eigenvalue weighted by Gasteiger charge is -2.29. The molecule has 1 amide bonds. The number of carbonyl (C=O) groups excluding carboxylic acids is 1. The molecule has 2 aliphatic heterocycles. The van der Waals surface area contributed by atoms with Gasteiger partial charge in [-0.3, -0.25) is 14.2 Å². The number of halogens is 1. The van der Waals surface area contributed by atoms with E-state index in [1.165, 1.54) is 23.7 Å². The lowest BCUT2D eigenvalue weighted by Crippen LogP contribution is -2.49. The Kier molecular flexibility index (Phi) is 4.87. The van der Waals surface area contributed by atoms with Gasteiger partial charge in [-0.1, -0.05) is 12.1 Å². The molecule has 1 aromatic carbocycles. The molecule has 2 saturated heterocycles. The second-order valence-electron chi connectivity index (χ2n) is 6.57. The highest BCUT2D eigenvalue weighted by Crippen LogP contribution is 2.26. The molecule has 0 spiro atoms. The highest BCUT2D eigenvalue weighted by atomic mass is 35.5. The van der Waals surface area contributed by atoms with Crippen LogP contribution in [0, 0.1) is 0 Å². The normalized spacial score (nSPS) is 25.2. The Morgan fingerprint density at radius 3 is 2.71 bits per heavy atom. The fourth-order valence-corrected chi connectivity index (χ4v) is 3.82. The first kappa shape index (κ1) is 16.9. The van der Waals surface area contributed by atoms with Crippen LogP contribution in [0.25, 0.3) is 10.9 Å². The molecule has 2 aromatic rings. The van der Waals surface area contributed by atoms with Crippen molar-refractivity contribution in [2.24, 2.45) is 0 Å². The van der Waals surface area contributed by atoms with Crippen molar-refractivity contribution in [1.29, 1.82) is 0 Å². The van der Waals surface area contributed by atoms with Crippen molar-refractivity contribution >= 4 is 29.2 Å². The molecule has 2 unspecified atom stereocenters. The van der Waals surface area contributed by atoms with Gasteiger partial charge < -0.3 is 10.6 Å². The van der Waals surface area contributed by atoms with Gasteiger partial charge in [-0.15, -0.1) is 12.4 Å². The Bertz CT molecular complexity index is 795. The molecule has 4 rings (SSSR count). The van der Waals surface area contributed by atoms with Crippen LogP contribution >= 0.6 is 12.4 Å². The largest absolute Gasteiger partial charge is 0.352 e. The van der Waals surface area contributed by atoms with E-state index in [-0.39, 0.29) is 36.5 Å². The predicted octanol–water partition coefficient (Wildman–Crippen LogP) is 1.22. The number of aromatic nitrogens is 2. The molecule has 6 nitrogen and oxygen atoms in total. The molecule has 2 bridgehead atoms. The fraction of sp³-hybridized carbons (Fsp3) is 0.471. The van der Waals surface area contributed by atoms with Crippen LogP contribution in [0.4, 0.5) is 0 Å². The average molecular weight is 349 g/mol. The summed E-state index contributed by atoms with van der Waals surface area (Å²) in [5.41, 5.74) is 0.486. The zero-order valence-electron chi connectivity index (χ0n) is 13.3. The van der Waals surface area contributed by atoms with Gasteiger partial charge in [0.1, 0.15) is 6.54 Å². The highest BCUT2D eigenvalue weighted by molar-refractivity contribution is 5.85. The van der Waals surface area contributed by atoms with Crippen LogP contribution < -0.4 is 16.2 Å². The number of para-hydroxylation sites is 1. The Balaban J connectivity index is 0.00000169. The molecule has 2 N–H and O–H groups in total. The summed E-state index contributed by atoms with van der Waals surface area (Å²) < 4.78 is 1.38. The Hall–Kier alpha value is -1.92. The van der Waals surface area contributed by atoms with Crippen molar-refractivity contribution in [3.8, 4) is 0 Å². The summed E-state index contributed by atoms with van der Waals surface area (Å²) in [5.74, 6) is -0.115. The van der Waals surface area contributed by atoms with E-state index in [1.54, 1.807) is 18.2 Å². The van der Waals surface area contributed by atoms with Crippen LogP contribution in [0.5, 0.6) is 0 Å². The van der Waals surface area contributed by atoms with Crippen LogP contribution in [0.3, 0.4) is 0 Å². The van der Waals surface area contributed by atoms with E-state index >= 15 is 0 Å². The van der Waals surface area contributed by atoms with Gasteiger partial charge >= 0.3 is 0 Å². The van der Waals surface area contributed by atoms with Crippen molar-refractivity contribution in [2.45, 2.75) is 50.4 Å². The van der Waals surface area contributed by atoms with Crippen LogP contribution in [-0.4, -0.2) is 33.6 Å². The number of hydrogen-bond acceptors (Lipinski definition) is 4. The number of nitrogens with zero attached hydrogens (tertiary/aromatic N) is 2. The van der Waals surface area contributed by atoms with Crippen LogP contribution in [0.15, 0.2) is 35.4 Å². The van der Waals surface area contributed by atoms with Crippen LogP contribution in [0.1, 0.15) is 25.7 Å². The van der Waals surface area contributed by atoms with Crippen molar-refractivity contribution in [2.75, 3.05) is 0 Å². The molecular formula is C17H21ClN4O2. The molecule has 2 atom stereocenters. The number of rotatable bonds is 3. The molecule has 0 aliphatic carbocycles. The number of carbonyl (C=O) groups is 1. The van der Waals surface area contributed by atoms with E-state index in [1.807, 2.05) is 6.07 Å². The Morgan fingerprint density at radius 1 is 1.25 bits per heavy atom. The number of amides is 1. The molecule has 0 saturated carbocycles. The van der Waals surface area contributed by atoms with E-state index < -0.39 is 0 Å². The Morgan fingerprint density at radius 2 is 1.96 bits per heavy atom. The molecule has 24 heavy (non-hydrogen) atoms. The Labute approximate surface area is 146 Å². The standard InChI is InChI=1S/C17H20N4O2.ClH/c22-16(20-13-7-11-5-6-12(8-13)19-11)9-21-10-18-15-4-2-1-3-14(15)17(21)23;/h1-4,10-13,19H,5-9H2,(H,20,22);1H. The smallest absolute Gasteiger partial charge is 0.261 e. The molecular weight excluding hydrogens is 328 g/mol. The van der Waals surface area contributed by atoms with Gasteiger partial charge in [0.15, 0.2) is 0 Å². The van der Waals surface area contributed by atoms with Gasteiger partial charge in [0, 0.05) is 18.1 Å².